The van der Waals surface area contributed by atoms with E-state index in [1.165, 1.54) is 6.20 Å². The molecular weight excluding hydrogens is 408 g/mol. The first kappa shape index (κ1) is 22.0. The van der Waals surface area contributed by atoms with Crippen LogP contribution in [-0.2, 0) is 6.61 Å². The molecule has 0 spiro atoms. The number of hydrogen-bond donors (Lipinski definition) is 2. The maximum absolute atomic E-state index is 12.4. The van der Waals surface area contributed by atoms with Gasteiger partial charge in [0.1, 0.15) is 18.1 Å². The highest BCUT2D eigenvalue weighted by Crippen LogP contribution is 2.44. The molecule has 8 heteroatoms. The third-order valence-electron chi connectivity index (χ3n) is 5.51. The Morgan fingerprint density at radius 3 is 2.72 bits per heavy atom. The number of pyridine rings is 2. The summed E-state index contributed by atoms with van der Waals surface area (Å²) in [5.74, 6) is 1.39. The number of carbonyl (C=O) groups is 1. The van der Waals surface area contributed by atoms with Crippen LogP contribution >= 0.6 is 0 Å². The summed E-state index contributed by atoms with van der Waals surface area (Å²) < 4.78 is 11.6. The second-order valence-corrected chi connectivity index (χ2v) is 8.15. The second kappa shape index (κ2) is 9.91. The zero-order chi connectivity index (χ0) is 22.5. The third-order valence-corrected chi connectivity index (χ3v) is 5.51. The van der Waals surface area contributed by atoms with E-state index in [4.69, 9.17) is 9.26 Å². The van der Waals surface area contributed by atoms with Gasteiger partial charge in [0.15, 0.2) is 0 Å². The van der Waals surface area contributed by atoms with Crippen molar-refractivity contribution in [2.75, 3.05) is 6.61 Å². The molecule has 3 heterocycles. The van der Waals surface area contributed by atoms with E-state index in [9.17, 15) is 9.90 Å². The summed E-state index contributed by atoms with van der Waals surface area (Å²) in [6.45, 7) is 4.12. The van der Waals surface area contributed by atoms with E-state index in [2.05, 4.69) is 20.4 Å². The van der Waals surface area contributed by atoms with Gasteiger partial charge in [0.2, 0.25) is 5.88 Å². The fourth-order valence-electron chi connectivity index (χ4n) is 3.53. The van der Waals surface area contributed by atoms with E-state index in [0.29, 0.717) is 17.4 Å². The van der Waals surface area contributed by atoms with Crippen molar-refractivity contribution in [1.82, 2.24) is 20.4 Å². The summed E-state index contributed by atoms with van der Waals surface area (Å²) in [6.07, 6.45) is 7.04. The van der Waals surface area contributed by atoms with Crippen LogP contribution in [0.1, 0.15) is 65.9 Å². The zero-order valence-corrected chi connectivity index (χ0v) is 18.4. The van der Waals surface area contributed by atoms with Gasteiger partial charge in [-0.15, -0.1) is 0 Å². The molecule has 0 saturated heterocycles. The summed E-state index contributed by atoms with van der Waals surface area (Å²) in [7, 11) is 0. The molecule has 1 aliphatic rings. The smallest absolute Gasteiger partial charge is 0.253 e. The predicted octanol–water partition coefficient (Wildman–Crippen LogP) is 3.79. The molecule has 0 bridgehead atoms. The number of aliphatic hydroxyl groups excluding tert-OH is 1. The average Bonchev–Trinajstić information content (AvgIpc) is 3.57. The van der Waals surface area contributed by atoms with Crippen molar-refractivity contribution in [3.63, 3.8) is 0 Å². The van der Waals surface area contributed by atoms with Crippen molar-refractivity contribution in [2.24, 2.45) is 0 Å². The lowest BCUT2D eigenvalue weighted by molar-refractivity contribution is 0.0912. The highest BCUT2D eigenvalue weighted by Gasteiger charge is 2.33. The Labute approximate surface area is 187 Å². The molecule has 1 fully saturated rings. The molecule has 1 amide bonds. The molecule has 1 aliphatic carbocycles. The van der Waals surface area contributed by atoms with E-state index in [1.54, 1.807) is 18.3 Å². The molecule has 0 unspecified atom stereocenters. The van der Waals surface area contributed by atoms with Crippen LogP contribution in [0.3, 0.4) is 0 Å². The number of amides is 1. The summed E-state index contributed by atoms with van der Waals surface area (Å²) in [4.78, 5) is 21.0. The van der Waals surface area contributed by atoms with Crippen molar-refractivity contribution < 1.29 is 19.2 Å². The number of aryl methyl sites for hydroxylation is 1. The molecule has 8 nitrogen and oxygen atoms in total. The maximum atomic E-state index is 12.4. The van der Waals surface area contributed by atoms with Gasteiger partial charge in [-0.05, 0) is 44.4 Å². The van der Waals surface area contributed by atoms with Gasteiger partial charge in [-0.25, -0.2) is 4.98 Å². The van der Waals surface area contributed by atoms with Gasteiger partial charge in [-0.1, -0.05) is 18.5 Å². The Kier molecular flexibility index (Phi) is 6.80. The van der Waals surface area contributed by atoms with Crippen molar-refractivity contribution >= 4 is 5.91 Å². The lowest BCUT2D eigenvalue weighted by atomic mass is 10.1. The predicted molar refractivity (Wildman–Crippen MR) is 118 cm³/mol. The van der Waals surface area contributed by atoms with Crippen LogP contribution in [0.15, 0.2) is 41.2 Å². The summed E-state index contributed by atoms with van der Waals surface area (Å²) in [5.41, 5.74) is 3.89. The van der Waals surface area contributed by atoms with Crippen LogP contribution < -0.4 is 10.1 Å². The first-order valence-corrected chi connectivity index (χ1v) is 11.0. The number of hydrogen-bond acceptors (Lipinski definition) is 7. The number of ether oxygens (including phenoxy) is 1. The largest absolute Gasteiger partial charge is 0.473 e. The Hall–Kier alpha value is -3.26. The average molecular weight is 437 g/mol. The third kappa shape index (κ3) is 5.13. The number of aliphatic hydroxyl groups is 1. The van der Waals surface area contributed by atoms with Crippen LogP contribution in [0, 0.1) is 6.92 Å². The molecular formula is C24H28N4O4. The van der Waals surface area contributed by atoms with Gasteiger partial charge in [-0.2, -0.15) is 0 Å². The minimum atomic E-state index is -0.263. The first-order chi connectivity index (χ1) is 15.6. The van der Waals surface area contributed by atoms with Crippen LogP contribution in [0.25, 0.3) is 11.3 Å². The number of aromatic nitrogens is 3. The van der Waals surface area contributed by atoms with E-state index in [1.807, 2.05) is 26.0 Å². The minimum Gasteiger partial charge on any atom is -0.473 e. The molecule has 0 radical (unpaired) electrons. The van der Waals surface area contributed by atoms with Crippen LogP contribution in [0.4, 0.5) is 0 Å². The fraction of sp³-hybridized carbons (Fsp3) is 0.417. The van der Waals surface area contributed by atoms with E-state index in [0.717, 1.165) is 54.0 Å². The zero-order valence-electron chi connectivity index (χ0n) is 18.4. The topological polar surface area (TPSA) is 110 Å². The lowest BCUT2D eigenvalue weighted by Crippen LogP contribution is -2.37. The van der Waals surface area contributed by atoms with Gasteiger partial charge < -0.3 is 19.7 Å². The minimum absolute atomic E-state index is 0.0882. The molecule has 3 aromatic heterocycles. The number of nitrogens with zero attached hydrogens (tertiary/aromatic N) is 3. The van der Waals surface area contributed by atoms with E-state index >= 15 is 0 Å². The molecule has 32 heavy (non-hydrogen) atoms. The molecule has 4 rings (SSSR count). The van der Waals surface area contributed by atoms with Gasteiger partial charge in [0, 0.05) is 35.6 Å². The Bertz CT molecular complexity index is 1040. The van der Waals surface area contributed by atoms with Gasteiger partial charge in [0.05, 0.1) is 23.8 Å². The van der Waals surface area contributed by atoms with Gasteiger partial charge in [0.25, 0.3) is 5.91 Å². The maximum Gasteiger partial charge on any atom is 0.253 e. The SMILES string of the molecule is CCC[C@@H](CO)NC(=O)c1ccc(OCc2c(-c3ccc(C)nc3)noc2C2CC2)nc1. The van der Waals surface area contributed by atoms with Crippen LogP contribution in [-0.4, -0.2) is 38.8 Å². The normalized spacial score (nSPS) is 14.2. The molecule has 1 atom stereocenters. The van der Waals surface area contributed by atoms with Crippen LogP contribution in [0.2, 0.25) is 0 Å². The van der Waals surface area contributed by atoms with Crippen LogP contribution in [0.5, 0.6) is 5.88 Å². The highest BCUT2D eigenvalue weighted by molar-refractivity contribution is 5.94. The van der Waals surface area contributed by atoms with E-state index in [-0.39, 0.29) is 25.2 Å². The number of nitrogens with one attached hydrogen (secondary N) is 1. The molecule has 1 saturated carbocycles. The van der Waals surface area contributed by atoms with E-state index < -0.39 is 0 Å². The Morgan fingerprint density at radius 2 is 2.09 bits per heavy atom. The monoisotopic (exact) mass is 436 g/mol. The second-order valence-electron chi connectivity index (χ2n) is 8.15. The van der Waals surface area contributed by atoms with Crippen molar-refractivity contribution in [1.29, 1.82) is 0 Å². The summed E-state index contributed by atoms with van der Waals surface area (Å²) >= 11 is 0. The molecule has 168 valence electrons. The van der Waals surface area contributed by atoms with Gasteiger partial charge in [-0.3, -0.25) is 9.78 Å². The van der Waals surface area contributed by atoms with Crippen molar-refractivity contribution in [3.8, 4) is 17.1 Å². The Balaban J connectivity index is 1.45. The molecule has 2 N–H and O–H groups in total. The standard InChI is InChI=1S/C24H28N4O4/c1-3-4-19(13-29)27-24(30)18-9-10-21(26-12-18)31-14-20-22(17-6-5-15(2)25-11-17)28-32-23(20)16-7-8-16/h5-6,9-12,16,19,29H,3-4,7-8,13-14H2,1-2H3,(H,27,30)/t19-/m0/s1. The number of carbonyl (C=O) groups excluding carboxylic acids is 1. The quantitative estimate of drug-likeness (QED) is 0.497. The van der Waals surface area contributed by atoms with Crippen molar-refractivity contribution in [2.45, 2.75) is 58.1 Å². The highest BCUT2D eigenvalue weighted by atomic mass is 16.5. The molecule has 0 aliphatic heterocycles. The lowest BCUT2D eigenvalue weighted by Gasteiger charge is -2.15. The van der Waals surface area contributed by atoms with Crippen molar-refractivity contribution in [3.05, 3.63) is 59.2 Å². The fourth-order valence-corrected chi connectivity index (χ4v) is 3.53. The summed E-state index contributed by atoms with van der Waals surface area (Å²) in [6, 6.07) is 6.99. The first-order valence-electron chi connectivity index (χ1n) is 11.0. The number of rotatable bonds is 10. The summed E-state index contributed by atoms with van der Waals surface area (Å²) in [5, 5.41) is 16.5. The Morgan fingerprint density at radius 1 is 1.25 bits per heavy atom. The molecule has 0 aromatic carbocycles. The molecule has 3 aromatic rings. The van der Waals surface area contributed by atoms with Gasteiger partial charge >= 0.3 is 0 Å².